The van der Waals surface area contributed by atoms with Crippen molar-refractivity contribution in [2.75, 3.05) is 37.8 Å². The number of carbonyl (C=O) groups excluding carboxylic acids is 1. The van der Waals surface area contributed by atoms with Crippen LogP contribution in [-0.4, -0.2) is 38.0 Å². The highest BCUT2D eigenvalue weighted by atomic mass is 19.1. The van der Waals surface area contributed by atoms with Gasteiger partial charge in [-0.1, -0.05) is 6.07 Å². The number of rotatable bonds is 7. The topological polar surface area (TPSA) is 44.4 Å². The Hall–Kier alpha value is -2.40. The number of hydrogen-bond acceptors (Lipinski definition) is 3. The van der Waals surface area contributed by atoms with Crippen LogP contribution in [0.5, 0.6) is 0 Å². The summed E-state index contributed by atoms with van der Waals surface area (Å²) in [5, 5.41) is 6.09. The first-order valence-corrected chi connectivity index (χ1v) is 7.60. The Kier molecular flexibility index (Phi) is 6.11. The molecule has 23 heavy (non-hydrogen) atoms. The van der Waals surface area contributed by atoms with E-state index in [4.69, 9.17) is 0 Å². The van der Waals surface area contributed by atoms with Gasteiger partial charge in [-0.3, -0.25) is 4.79 Å². The lowest BCUT2D eigenvalue weighted by atomic mass is 10.2. The van der Waals surface area contributed by atoms with E-state index in [0.29, 0.717) is 11.3 Å². The Labute approximate surface area is 136 Å². The zero-order valence-corrected chi connectivity index (χ0v) is 13.5. The summed E-state index contributed by atoms with van der Waals surface area (Å²) in [6, 6.07) is 13.1. The molecule has 0 saturated carbocycles. The number of benzene rings is 2. The molecule has 0 aliphatic rings. The van der Waals surface area contributed by atoms with Gasteiger partial charge in [0.2, 0.25) is 0 Å². The van der Waals surface area contributed by atoms with Gasteiger partial charge in [-0.05, 0) is 69.5 Å². The molecule has 122 valence electrons. The molecule has 2 rings (SSSR count). The van der Waals surface area contributed by atoms with Gasteiger partial charge in [0.1, 0.15) is 5.82 Å². The predicted octanol–water partition coefficient (Wildman–Crippen LogP) is 3.44. The van der Waals surface area contributed by atoms with Crippen LogP contribution in [0.15, 0.2) is 48.5 Å². The summed E-state index contributed by atoms with van der Waals surface area (Å²) in [6.45, 7) is 1.93. The number of hydrogen-bond donors (Lipinski definition) is 2. The Balaban J connectivity index is 1.86. The normalized spacial score (nSPS) is 10.6. The summed E-state index contributed by atoms with van der Waals surface area (Å²) in [5.74, 6) is -0.744. The largest absolute Gasteiger partial charge is 0.385 e. The minimum Gasteiger partial charge on any atom is -0.385 e. The maximum Gasteiger partial charge on any atom is 0.255 e. The molecule has 4 nitrogen and oxygen atoms in total. The summed E-state index contributed by atoms with van der Waals surface area (Å²) in [4.78, 5) is 14.2. The van der Waals surface area contributed by atoms with Crippen LogP contribution in [0.1, 0.15) is 16.8 Å². The van der Waals surface area contributed by atoms with Gasteiger partial charge in [0.15, 0.2) is 0 Å². The monoisotopic (exact) mass is 315 g/mol. The van der Waals surface area contributed by atoms with Crippen LogP contribution in [-0.2, 0) is 0 Å². The lowest BCUT2D eigenvalue weighted by Gasteiger charge is -2.11. The van der Waals surface area contributed by atoms with Crippen LogP contribution in [0.4, 0.5) is 15.8 Å². The molecule has 0 aromatic heterocycles. The van der Waals surface area contributed by atoms with Gasteiger partial charge in [0.25, 0.3) is 5.91 Å². The minimum absolute atomic E-state index is 0.302. The van der Waals surface area contributed by atoms with E-state index in [9.17, 15) is 9.18 Å². The van der Waals surface area contributed by atoms with Crippen molar-refractivity contribution >= 4 is 17.3 Å². The van der Waals surface area contributed by atoms with E-state index in [1.54, 1.807) is 6.07 Å². The summed E-state index contributed by atoms with van der Waals surface area (Å²) in [7, 11) is 4.10. The molecule has 0 saturated heterocycles. The van der Waals surface area contributed by atoms with E-state index in [2.05, 4.69) is 29.6 Å². The molecular formula is C18H22FN3O. The molecular weight excluding hydrogens is 293 g/mol. The fraction of sp³-hybridized carbons (Fsp3) is 0.278. The number of nitrogens with one attached hydrogen (secondary N) is 2. The first-order valence-electron chi connectivity index (χ1n) is 7.60. The molecule has 0 aliphatic heterocycles. The van der Waals surface area contributed by atoms with E-state index in [1.165, 1.54) is 18.2 Å². The number of carbonyl (C=O) groups is 1. The van der Waals surface area contributed by atoms with Gasteiger partial charge in [-0.15, -0.1) is 0 Å². The van der Waals surface area contributed by atoms with Gasteiger partial charge in [-0.2, -0.15) is 0 Å². The van der Waals surface area contributed by atoms with Crippen molar-refractivity contribution < 1.29 is 9.18 Å². The SMILES string of the molecule is CN(C)CCCNc1ccc(NC(=O)c2cccc(F)c2)cc1. The second-order valence-electron chi connectivity index (χ2n) is 5.63. The van der Waals surface area contributed by atoms with Crippen molar-refractivity contribution in [1.82, 2.24) is 4.90 Å². The van der Waals surface area contributed by atoms with E-state index < -0.39 is 5.82 Å². The summed E-state index contributed by atoms with van der Waals surface area (Å²) >= 11 is 0. The molecule has 0 unspecified atom stereocenters. The Bertz CT molecular complexity index is 641. The second kappa shape index (κ2) is 8.29. The Morgan fingerprint density at radius 1 is 1.09 bits per heavy atom. The molecule has 0 spiro atoms. The molecule has 0 radical (unpaired) electrons. The fourth-order valence-electron chi connectivity index (χ4n) is 2.13. The molecule has 0 heterocycles. The highest BCUT2D eigenvalue weighted by molar-refractivity contribution is 6.04. The molecule has 2 aromatic rings. The van der Waals surface area contributed by atoms with Crippen LogP contribution >= 0.6 is 0 Å². The average molecular weight is 315 g/mol. The van der Waals surface area contributed by atoms with Gasteiger partial charge in [0.05, 0.1) is 0 Å². The number of halogens is 1. The maximum absolute atomic E-state index is 13.1. The molecule has 0 bridgehead atoms. The van der Waals surface area contributed by atoms with E-state index in [1.807, 2.05) is 24.3 Å². The maximum atomic E-state index is 13.1. The van der Waals surface area contributed by atoms with Gasteiger partial charge >= 0.3 is 0 Å². The van der Waals surface area contributed by atoms with E-state index in [-0.39, 0.29) is 5.91 Å². The van der Waals surface area contributed by atoms with Crippen molar-refractivity contribution in [3.63, 3.8) is 0 Å². The molecule has 2 N–H and O–H groups in total. The van der Waals surface area contributed by atoms with Crippen molar-refractivity contribution in [2.45, 2.75) is 6.42 Å². The lowest BCUT2D eigenvalue weighted by Crippen LogP contribution is -2.16. The molecule has 0 fully saturated rings. The molecule has 0 atom stereocenters. The third-order valence-corrected chi connectivity index (χ3v) is 3.34. The Morgan fingerprint density at radius 2 is 1.78 bits per heavy atom. The molecule has 2 aromatic carbocycles. The first-order chi connectivity index (χ1) is 11.0. The van der Waals surface area contributed by atoms with E-state index in [0.717, 1.165) is 25.2 Å². The second-order valence-corrected chi connectivity index (χ2v) is 5.63. The fourth-order valence-corrected chi connectivity index (χ4v) is 2.13. The van der Waals surface area contributed by atoms with Crippen molar-refractivity contribution in [1.29, 1.82) is 0 Å². The third kappa shape index (κ3) is 5.71. The average Bonchev–Trinajstić information content (AvgIpc) is 2.53. The van der Waals surface area contributed by atoms with E-state index >= 15 is 0 Å². The van der Waals surface area contributed by atoms with Crippen molar-refractivity contribution in [2.24, 2.45) is 0 Å². The first kappa shape index (κ1) is 17.0. The molecule has 0 aliphatic carbocycles. The summed E-state index contributed by atoms with van der Waals surface area (Å²) in [5.41, 5.74) is 1.99. The highest BCUT2D eigenvalue weighted by Gasteiger charge is 2.06. The summed E-state index contributed by atoms with van der Waals surface area (Å²) in [6.07, 6.45) is 1.06. The van der Waals surface area contributed by atoms with Crippen LogP contribution in [0, 0.1) is 5.82 Å². The lowest BCUT2D eigenvalue weighted by molar-refractivity contribution is 0.102. The van der Waals surface area contributed by atoms with Crippen LogP contribution in [0.2, 0.25) is 0 Å². The molecule has 5 heteroatoms. The van der Waals surface area contributed by atoms with Gasteiger partial charge in [-0.25, -0.2) is 4.39 Å². The summed E-state index contributed by atoms with van der Waals surface area (Å²) < 4.78 is 13.1. The van der Waals surface area contributed by atoms with Crippen LogP contribution in [0.3, 0.4) is 0 Å². The van der Waals surface area contributed by atoms with Crippen LogP contribution in [0.25, 0.3) is 0 Å². The molecule has 1 amide bonds. The van der Waals surface area contributed by atoms with Crippen molar-refractivity contribution in [3.8, 4) is 0 Å². The highest BCUT2D eigenvalue weighted by Crippen LogP contribution is 2.15. The van der Waals surface area contributed by atoms with Crippen molar-refractivity contribution in [3.05, 3.63) is 59.9 Å². The number of nitrogens with zero attached hydrogens (tertiary/aromatic N) is 1. The number of anilines is 2. The van der Waals surface area contributed by atoms with Gasteiger partial charge in [0, 0.05) is 23.5 Å². The zero-order valence-electron chi connectivity index (χ0n) is 13.5. The minimum atomic E-state index is -0.421. The number of amides is 1. The van der Waals surface area contributed by atoms with Gasteiger partial charge < -0.3 is 15.5 Å². The standard InChI is InChI=1S/C18H22FN3O/c1-22(2)12-4-11-20-16-7-9-17(10-8-16)21-18(23)14-5-3-6-15(19)13-14/h3,5-10,13,20H,4,11-12H2,1-2H3,(H,21,23). The predicted molar refractivity (Wildman–Crippen MR) is 92.5 cm³/mol. The third-order valence-electron chi connectivity index (χ3n) is 3.34. The Morgan fingerprint density at radius 3 is 2.43 bits per heavy atom. The van der Waals surface area contributed by atoms with Crippen LogP contribution < -0.4 is 10.6 Å². The quantitative estimate of drug-likeness (QED) is 0.769. The smallest absolute Gasteiger partial charge is 0.255 e. The zero-order chi connectivity index (χ0) is 16.7.